The third-order valence-corrected chi connectivity index (χ3v) is 4.86. The average molecular weight is 253 g/mol. The Morgan fingerprint density at radius 2 is 2.12 bits per heavy atom. The van der Waals surface area contributed by atoms with Crippen LogP contribution in [0.15, 0.2) is 11.4 Å². The maximum atomic E-state index is 10.1. The fraction of sp³-hybridized carbons (Fsp3) is 0.417. The first-order valence-corrected chi connectivity index (χ1v) is 6.92. The molecule has 2 rings (SSSR count). The van der Waals surface area contributed by atoms with Crippen LogP contribution >= 0.6 is 22.7 Å². The second-order valence-corrected chi connectivity index (χ2v) is 6.17. The molecule has 0 amide bonds. The van der Waals surface area contributed by atoms with E-state index in [4.69, 9.17) is 0 Å². The summed E-state index contributed by atoms with van der Waals surface area (Å²) in [7, 11) is 0. The highest BCUT2D eigenvalue weighted by Gasteiger charge is 2.15. The Labute approximate surface area is 104 Å². The van der Waals surface area contributed by atoms with E-state index in [1.165, 1.54) is 10.4 Å². The van der Waals surface area contributed by atoms with E-state index in [2.05, 4.69) is 11.9 Å². The number of aliphatic hydroxyl groups excluding tert-OH is 1. The molecule has 4 heteroatoms. The van der Waals surface area contributed by atoms with Gasteiger partial charge in [0.2, 0.25) is 0 Å². The molecule has 2 aromatic rings. The van der Waals surface area contributed by atoms with Crippen molar-refractivity contribution in [3.63, 3.8) is 0 Å². The van der Waals surface area contributed by atoms with Crippen LogP contribution in [0.2, 0.25) is 0 Å². The highest BCUT2D eigenvalue weighted by atomic mass is 32.1. The fourth-order valence-electron chi connectivity index (χ4n) is 1.61. The van der Waals surface area contributed by atoms with E-state index in [0.29, 0.717) is 6.42 Å². The molecule has 0 saturated carbocycles. The molecule has 0 aliphatic heterocycles. The molecule has 2 heterocycles. The SMILES string of the molecule is Cc1ccsc1C(O)Cc1nc(C)c(C)s1. The van der Waals surface area contributed by atoms with Crippen molar-refractivity contribution < 1.29 is 5.11 Å². The molecule has 0 spiro atoms. The van der Waals surface area contributed by atoms with Crippen LogP contribution in [-0.4, -0.2) is 10.1 Å². The molecule has 0 aromatic carbocycles. The van der Waals surface area contributed by atoms with Crippen molar-refractivity contribution in [3.05, 3.63) is 37.5 Å². The molecular weight excluding hydrogens is 238 g/mol. The molecule has 1 unspecified atom stereocenters. The van der Waals surface area contributed by atoms with Crippen LogP contribution in [0.5, 0.6) is 0 Å². The number of aryl methyl sites for hydroxylation is 3. The summed E-state index contributed by atoms with van der Waals surface area (Å²) in [6.07, 6.45) is 0.214. The minimum atomic E-state index is -0.412. The van der Waals surface area contributed by atoms with Crippen LogP contribution in [-0.2, 0) is 6.42 Å². The zero-order chi connectivity index (χ0) is 11.7. The first-order chi connectivity index (χ1) is 7.58. The monoisotopic (exact) mass is 253 g/mol. The van der Waals surface area contributed by atoms with Gasteiger partial charge in [-0.3, -0.25) is 0 Å². The van der Waals surface area contributed by atoms with E-state index in [-0.39, 0.29) is 0 Å². The zero-order valence-corrected chi connectivity index (χ0v) is 11.3. The van der Waals surface area contributed by atoms with E-state index in [9.17, 15) is 5.11 Å². The molecular formula is C12H15NOS2. The first-order valence-electron chi connectivity index (χ1n) is 5.23. The van der Waals surface area contributed by atoms with Gasteiger partial charge >= 0.3 is 0 Å². The lowest BCUT2D eigenvalue weighted by Gasteiger charge is -2.07. The van der Waals surface area contributed by atoms with Crippen molar-refractivity contribution >= 4 is 22.7 Å². The van der Waals surface area contributed by atoms with Crippen LogP contribution in [0.25, 0.3) is 0 Å². The van der Waals surface area contributed by atoms with Crippen molar-refractivity contribution in [1.29, 1.82) is 0 Å². The van der Waals surface area contributed by atoms with Crippen molar-refractivity contribution in [2.75, 3.05) is 0 Å². The summed E-state index contributed by atoms with van der Waals surface area (Å²) in [5, 5.41) is 13.2. The summed E-state index contributed by atoms with van der Waals surface area (Å²) in [6, 6.07) is 2.04. The van der Waals surface area contributed by atoms with Crippen molar-refractivity contribution in [2.45, 2.75) is 33.3 Å². The Hall–Kier alpha value is -0.710. The second-order valence-electron chi connectivity index (χ2n) is 3.94. The molecule has 0 aliphatic rings. The van der Waals surface area contributed by atoms with E-state index >= 15 is 0 Å². The maximum absolute atomic E-state index is 10.1. The standard InChI is InChI=1S/C12H15NOS2/c1-7-4-5-15-12(7)10(14)6-11-13-8(2)9(3)16-11/h4-5,10,14H,6H2,1-3H3. The van der Waals surface area contributed by atoms with Gasteiger partial charge in [0, 0.05) is 16.2 Å². The predicted molar refractivity (Wildman–Crippen MR) is 69.3 cm³/mol. The average Bonchev–Trinajstić information content (AvgIpc) is 2.74. The molecule has 16 heavy (non-hydrogen) atoms. The number of thiophene rings is 1. The molecule has 1 N–H and O–H groups in total. The highest BCUT2D eigenvalue weighted by molar-refractivity contribution is 7.11. The number of nitrogens with zero attached hydrogens (tertiary/aromatic N) is 1. The normalized spacial score (nSPS) is 13.0. The Kier molecular flexibility index (Phi) is 3.42. The molecule has 0 bridgehead atoms. The maximum Gasteiger partial charge on any atom is 0.0960 e. The van der Waals surface area contributed by atoms with Crippen molar-refractivity contribution in [2.24, 2.45) is 0 Å². The van der Waals surface area contributed by atoms with Gasteiger partial charge in [-0.15, -0.1) is 22.7 Å². The third-order valence-electron chi connectivity index (χ3n) is 2.65. The van der Waals surface area contributed by atoms with Crippen LogP contribution in [0.3, 0.4) is 0 Å². The summed E-state index contributed by atoms with van der Waals surface area (Å²) in [5.74, 6) is 0. The van der Waals surface area contributed by atoms with Gasteiger partial charge in [0.05, 0.1) is 16.8 Å². The third kappa shape index (κ3) is 2.34. The molecule has 0 radical (unpaired) electrons. The summed E-state index contributed by atoms with van der Waals surface area (Å²) in [5.41, 5.74) is 2.25. The summed E-state index contributed by atoms with van der Waals surface area (Å²) >= 11 is 3.29. The minimum absolute atomic E-state index is 0.412. The molecule has 0 fully saturated rings. The lowest BCUT2D eigenvalue weighted by atomic mass is 10.1. The van der Waals surface area contributed by atoms with Gasteiger partial charge in [-0.1, -0.05) is 0 Å². The molecule has 0 saturated heterocycles. The van der Waals surface area contributed by atoms with Gasteiger partial charge < -0.3 is 5.11 Å². The van der Waals surface area contributed by atoms with Gasteiger partial charge in [0.25, 0.3) is 0 Å². The van der Waals surface area contributed by atoms with E-state index in [1.807, 2.05) is 25.3 Å². The molecule has 1 atom stereocenters. The Balaban J connectivity index is 2.13. The fourth-order valence-corrected chi connectivity index (χ4v) is 3.49. The topological polar surface area (TPSA) is 33.1 Å². The molecule has 86 valence electrons. The van der Waals surface area contributed by atoms with Gasteiger partial charge in [-0.05, 0) is 37.8 Å². The number of aromatic nitrogens is 1. The zero-order valence-electron chi connectivity index (χ0n) is 9.65. The lowest BCUT2D eigenvalue weighted by molar-refractivity contribution is 0.181. The predicted octanol–water partition coefficient (Wildman–Crippen LogP) is 3.41. The number of hydrogen-bond donors (Lipinski definition) is 1. The minimum Gasteiger partial charge on any atom is -0.387 e. The van der Waals surface area contributed by atoms with E-state index in [0.717, 1.165) is 15.6 Å². The van der Waals surface area contributed by atoms with Crippen LogP contribution < -0.4 is 0 Å². The lowest BCUT2D eigenvalue weighted by Crippen LogP contribution is -2.00. The molecule has 2 aromatic heterocycles. The van der Waals surface area contributed by atoms with Crippen LogP contribution in [0.1, 0.15) is 32.1 Å². The van der Waals surface area contributed by atoms with Crippen LogP contribution in [0.4, 0.5) is 0 Å². The summed E-state index contributed by atoms with van der Waals surface area (Å²) in [6.45, 7) is 6.12. The Bertz CT molecular complexity index is 467. The van der Waals surface area contributed by atoms with Crippen LogP contribution in [0, 0.1) is 20.8 Å². The molecule has 2 nitrogen and oxygen atoms in total. The van der Waals surface area contributed by atoms with Crippen molar-refractivity contribution in [1.82, 2.24) is 4.98 Å². The highest BCUT2D eigenvalue weighted by Crippen LogP contribution is 2.28. The first kappa shape index (κ1) is 11.8. The number of hydrogen-bond acceptors (Lipinski definition) is 4. The Morgan fingerprint density at radius 3 is 2.62 bits per heavy atom. The van der Waals surface area contributed by atoms with E-state index in [1.54, 1.807) is 22.7 Å². The van der Waals surface area contributed by atoms with E-state index < -0.39 is 6.10 Å². The number of aliphatic hydroxyl groups is 1. The van der Waals surface area contributed by atoms with Gasteiger partial charge in [-0.2, -0.15) is 0 Å². The van der Waals surface area contributed by atoms with Gasteiger partial charge in [-0.25, -0.2) is 4.98 Å². The molecule has 0 aliphatic carbocycles. The van der Waals surface area contributed by atoms with Gasteiger partial charge in [0.1, 0.15) is 0 Å². The second kappa shape index (κ2) is 4.65. The van der Waals surface area contributed by atoms with Crippen molar-refractivity contribution in [3.8, 4) is 0 Å². The largest absolute Gasteiger partial charge is 0.387 e. The smallest absolute Gasteiger partial charge is 0.0960 e. The number of thiazole rings is 1. The summed E-state index contributed by atoms with van der Waals surface area (Å²) in [4.78, 5) is 6.75. The van der Waals surface area contributed by atoms with Gasteiger partial charge in [0.15, 0.2) is 0 Å². The quantitative estimate of drug-likeness (QED) is 0.909. The Morgan fingerprint density at radius 1 is 1.38 bits per heavy atom. The summed E-state index contributed by atoms with van der Waals surface area (Å²) < 4.78 is 0. The number of rotatable bonds is 3.